The minimum atomic E-state index is -1.05. The van der Waals surface area contributed by atoms with E-state index in [0.29, 0.717) is 24.5 Å². The van der Waals surface area contributed by atoms with Gasteiger partial charge in [-0.3, -0.25) is 4.79 Å². The molecule has 1 atom stereocenters. The minimum Gasteiger partial charge on any atom is -0.491 e. The van der Waals surface area contributed by atoms with Crippen molar-refractivity contribution in [3.63, 3.8) is 0 Å². The van der Waals surface area contributed by atoms with Crippen molar-refractivity contribution in [3.05, 3.63) is 29.8 Å². The molecule has 0 aliphatic carbocycles. The van der Waals surface area contributed by atoms with E-state index in [2.05, 4.69) is 0 Å². The van der Waals surface area contributed by atoms with E-state index in [1.54, 1.807) is 31.4 Å². The Bertz CT molecular complexity index is 474. The van der Waals surface area contributed by atoms with Gasteiger partial charge in [0.05, 0.1) is 6.61 Å². The Morgan fingerprint density at radius 3 is 2.65 bits per heavy atom. The Hall–Kier alpha value is -2.08. The number of hydrogen-bond acceptors (Lipinski definition) is 4. The quantitative estimate of drug-likeness (QED) is 0.761. The molecule has 110 valence electrons. The topological polar surface area (TPSA) is 76.1 Å². The molecule has 6 nitrogen and oxygen atoms in total. The molecule has 0 bridgehead atoms. The van der Waals surface area contributed by atoms with Crippen molar-refractivity contribution in [3.8, 4) is 5.75 Å². The molecule has 1 aromatic rings. The summed E-state index contributed by atoms with van der Waals surface area (Å²) in [6, 6.07) is 5.74. The summed E-state index contributed by atoms with van der Waals surface area (Å²) in [4.78, 5) is 24.2. The summed E-state index contributed by atoms with van der Waals surface area (Å²) >= 11 is 0. The van der Waals surface area contributed by atoms with Crippen molar-refractivity contribution >= 4 is 11.9 Å². The molecule has 1 aromatic carbocycles. The lowest BCUT2D eigenvalue weighted by Gasteiger charge is -2.21. The van der Waals surface area contributed by atoms with Crippen LogP contribution in [0.1, 0.15) is 17.3 Å². The summed E-state index contributed by atoms with van der Waals surface area (Å²) in [6.07, 6.45) is 0. The number of methoxy groups -OCH3 is 1. The molecule has 0 radical (unpaired) electrons. The van der Waals surface area contributed by atoms with Gasteiger partial charge in [-0.05, 0) is 25.1 Å². The van der Waals surface area contributed by atoms with Gasteiger partial charge in [0.2, 0.25) is 0 Å². The Kier molecular flexibility index (Phi) is 5.99. The van der Waals surface area contributed by atoms with Crippen LogP contribution in [0.15, 0.2) is 24.3 Å². The number of hydrogen-bond donors (Lipinski definition) is 1. The van der Waals surface area contributed by atoms with E-state index in [1.165, 1.54) is 18.9 Å². The zero-order valence-corrected chi connectivity index (χ0v) is 11.8. The second-order valence-electron chi connectivity index (χ2n) is 4.30. The Labute approximate surface area is 117 Å². The number of rotatable bonds is 7. The van der Waals surface area contributed by atoms with Gasteiger partial charge in [0.15, 0.2) is 0 Å². The lowest BCUT2D eigenvalue weighted by Crippen LogP contribution is -2.40. The predicted octanol–water partition coefficient (Wildman–Crippen LogP) is 1.26. The molecule has 0 heterocycles. The van der Waals surface area contributed by atoms with E-state index in [4.69, 9.17) is 14.6 Å². The van der Waals surface area contributed by atoms with Gasteiger partial charge in [0, 0.05) is 19.7 Å². The van der Waals surface area contributed by atoms with Crippen LogP contribution in [0.3, 0.4) is 0 Å². The Morgan fingerprint density at radius 2 is 2.05 bits per heavy atom. The van der Waals surface area contributed by atoms with E-state index in [-0.39, 0.29) is 5.91 Å². The van der Waals surface area contributed by atoms with Gasteiger partial charge in [-0.25, -0.2) is 4.79 Å². The molecule has 0 aromatic heterocycles. The van der Waals surface area contributed by atoms with Gasteiger partial charge in [-0.2, -0.15) is 0 Å². The fraction of sp³-hybridized carbons (Fsp3) is 0.429. The molecular weight excluding hydrogens is 262 g/mol. The Balaban J connectivity index is 2.78. The molecule has 0 aliphatic rings. The maximum atomic E-state index is 12.2. The summed E-state index contributed by atoms with van der Waals surface area (Å²) in [5.74, 6) is -0.866. The average Bonchev–Trinajstić information content (AvgIpc) is 2.45. The van der Waals surface area contributed by atoms with E-state index < -0.39 is 12.0 Å². The normalized spacial score (nSPS) is 11.8. The maximum absolute atomic E-state index is 12.2. The number of aliphatic carboxylic acids is 1. The maximum Gasteiger partial charge on any atom is 0.326 e. The standard InChI is InChI=1S/C14H19NO5/c1-10(14(17)18)15(2)13(16)11-5-4-6-12(9-11)20-8-7-19-3/h4-6,9-10H,7-8H2,1-3H3,(H,17,18). The van der Waals surface area contributed by atoms with Crippen molar-refractivity contribution in [2.24, 2.45) is 0 Å². The lowest BCUT2D eigenvalue weighted by atomic mass is 10.1. The monoisotopic (exact) mass is 281 g/mol. The SMILES string of the molecule is COCCOc1cccc(C(=O)N(C)C(C)C(=O)O)c1. The van der Waals surface area contributed by atoms with Gasteiger partial charge >= 0.3 is 5.97 Å². The van der Waals surface area contributed by atoms with E-state index in [1.807, 2.05) is 0 Å². The van der Waals surface area contributed by atoms with Crippen LogP contribution in [0.25, 0.3) is 0 Å². The first-order valence-electron chi connectivity index (χ1n) is 6.19. The zero-order valence-electron chi connectivity index (χ0n) is 11.8. The number of likely N-dealkylation sites (N-methyl/N-ethyl adjacent to an activating group) is 1. The molecular formula is C14H19NO5. The molecule has 0 fully saturated rings. The summed E-state index contributed by atoms with van der Waals surface area (Å²) < 4.78 is 10.3. The highest BCUT2D eigenvalue weighted by molar-refractivity contribution is 5.96. The van der Waals surface area contributed by atoms with Gasteiger partial charge in [-0.1, -0.05) is 6.07 Å². The van der Waals surface area contributed by atoms with E-state index in [0.717, 1.165) is 0 Å². The molecule has 1 unspecified atom stereocenters. The third kappa shape index (κ3) is 4.24. The number of nitrogens with zero attached hydrogens (tertiary/aromatic N) is 1. The van der Waals surface area contributed by atoms with E-state index in [9.17, 15) is 9.59 Å². The van der Waals surface area contributed by atoms with Crippen LogP contribution in [-0.2, 0) is 9.53 Å². The molecule has 0 saturated carbocycles. The van der Waals surface area contributed by atoms with Crippen molar-refractivity contribution in [2.75, 3.05) is 27.4 Å². The third-order valence-corrected chi connectivity index (χ3v) is 2.90. The van der Waals surface area contributed by atoms with Crippen molar-refractivity contribution < 1.29 is 24.2 Å². The number of carbonyl (C=O) groups is 2. The fourth-order valence-electron chi connectivity index (χ4n) is 1.51. The van der Waals surface area contributed by atoms with Crippen LogP contribution >= 0.6 is 0 Å². The molecule has 1 N–H and O–H groups in total. The lowest BCUT2D eigenvalue weighted by molar-refractivity contribution is -0.141. The first-order chi connectivity index (χ1) is 9.47. The van der Waals surface area contributed by atoms with Gasteiger partial charge in [0.25, 0.3) is 5.91 Å². The second kappa shape index (κ2) is 7.49. The van der Waals surface area contributed by atoms with Gasteiger partial charge < -0.3 is 19.5 Å². The first-order valence-corrected chi connectivity index (χ1v) is 6.19. The highest BCUT2D eigenvalue weighted by atomic mass is 16.5. The number of carbonyl (C=O) groups excluding carboxylic acids is 1. The van der Waals surface area contributed by atoms with Crippen molar-refractivity contribution in [1.82, 2.24) is 4.90 Å². The fourth-order valence-corrected chi connectivity index (χ4v) is 1.51. The van der Waals surface area contributed by atoms with Crippen LogP contribution < -0.4 is 4.74 Å². The van der Waals surface area contributed by atoms with Crippen molar-refractivity contribution in [1.29, 1.82) is 0 Å². The summed E-state index contributed by atoms with van der Waals surface area (Å²) in [5.41, 5.74) is 0.385. The average molecular weight is 281 g/mol. The number of ether oxygens (including phenoxy) is 2. The number of carboxylic acid groups (broad SMARTS) is 1. The van der Waals surface area contributed by atoms with Crippen LogP contribution in [-0.4, -0.2) is 55.3 Å². The third-order valence-electron chi connectivity index (χ3n) is 2.90. The van der Waals surface area contributed by atoms with E-state index >= 15 is 0 Å². The van der Waals surface area contributed by atoms with Crippen LogP contribution in [0.5, 0.6) is 5.75 Å². The van der Waals surface area contributed by atoms with Gasteiger partial charge in [0.1, 0.15) is 18.4 Å². The largest absolute Gasteiger partial charge is 0.491 e. The molecule has 6 heteroatoms. The zero-order chi connectivity index (χ0) is 15.1. The van der Waals surface area contributed by atoms with Crippen LogP contribution in [0, 0.1) is 0 Å². The van der Waals surface area contributed by atoms with Crippen LogP contribution in [0.2, 0.25) is 0 Å². The summed E-state index contributed by atoms with van der Waals surface area (Å²) in [5, 5.41) is 8.91. The molecule has 0 aliphatic heterocycles. The molecule has 1 rings (SSSR count). The summed E-state index contributed by atoms with van der Waals surface area (Å²) in [6.45, 7) is 2.29. The molecule has 0 spiro atoms. The van der Waals surface area contributed by atoms with Crippen LogP contribution in [0.4, 0.5) is 0 Å². The van der Waals surface area contributed by atoms with Crippen molar-refractivity contribution in [2.45, 2.75) is 13.0 Å². The number of benzene rings is 1. The number of carboxylic acids is 1. The second-order valence-corrected chi connectivity index (χ2v) is 4.30. The number of amides is 1. The molecule has 20 heavy (non-hydrogen) atoms. The Morgan fingerprint density at radius 1 is 1.35 bits per heavy atom. The first kappa shape index (κ1) is 16.0. The molecule has 1 amide bonds. The smallest absolute Gasteiger partial charge is 0.326 e. The molecule has 0 saturated heterocycles. The summed E-state index contributed by atoms with van der Waals surface area (Å²) in [7, 11) is 3.03. The highest BCUT2D eigenvalue weighted by Gasteiger charge is 2.22. The van der Waals surface area contributed by atoms with Gasteiger partial charge in [-0.15, -0.1) is 0 Å². The minimum absolute atomic E-state index is 0.364. The predicted molar refractivity (Wildman–Crippen MR) is 73.0 cm³/mol. The highest BCUT2D eigenvalue weighted by Crippen LogP contribution is 2.15.